The van der Waals surface area contributed by atoms with Crippen molar-refractivity contribution >= 4 is 21.8 Å². The number of aliphatic hydroxyl groups is 1. The van der Waals surface area contributed by atoms with Gasteiger partial charge in [-0.3, -0.25) is 4.79 Å². The number of amides is 1. The van der Waals surface area contributed by atoms with Gasteiger partial charge in [-0.1, -0.05) is 15.9 Å². The van der Waals surface area contributed by atoms with Gasteiger partial charge >= 0.3 is 0 Å². The van der Waals surface area contributed by atoms with Crippen LogP contribution in [-0.2, 0) is 0 Å². The summed E-state index contributed by atoms with van der Waals surface area (Å²) in [4.78, 5) is 11.7. The fraction of sp³-hybridized carbons (Fsp3) is 0.364. The van der Waals surface area contributed by atoms with Crippen molar-refractivity contribution in [1.82, 2.24) is 5.32 Å². The number of carbonyl (C=O) groups is 1. The molecule has 1 fully saturated rings. The summed E-state index contributed by atoms with van der Waals surface area (Å²) in [6, 6.07) is 7.36. The molecule has 0 bridgehead atoms. The van der Waals surface area contributed by atoms with Crippen LogP contribution >= 0.6 is 15.9 Å². The van der Waals surface area contributed by atoms with Gasteiger partial charge in [-0.05, 0) is 37.1 Å². The first-order valence-corrected chi connectivity index (χ1v) is 5.69. The van der Waals surface area contributed by atoms with Gasteiger partial charge in [0.25, 0.3) is 5.91 Å². The molecule has 0 aliphatic heterocycles. The van der Waals surface area contributed by atoms with Gasteiger partial charge in [0.15, 0.2) is 0 Å². The van der Waals surface area contributed by atoms with Crippen LogP contribution in [0.2, 0.25) is 0 Å². The smallest absolute Gasteiger partial charge is 0.251 e. The molecule has 0 aromatic heterocycles. The molecule has 1 aromatic rings. The number of rotatable bonds is 2. The lowest BCUT2D eigenvalue weighted by Crippen LogP contribution is -2.46. The Balaban J connectivity index is 1.93. The number of carbonyl (C=O) groups excluding carboxylic acids is 1. The molecule has 2 N–H and O–H groups in total. The minimum absolute atomic E-state index is 0.0700. The summed E-state index contributed by atoms with van der Waals surface area (Å²) in [7, 11) is 0. The van der Waals surface area contributed by atoms with Crippen LogP contribution < -0.4 is 5.32 Å². The van der Waals surface area contributed by atoms with E-state index in [1.54, 1.807) is 12.1 Å². The molecule has 80 valence electrons. The van der Waals surface area contributed by atoms with Crippen molar-refractivity contribution in [2.45, 2.75) is 25.0 Å². The molecule has 1 amide bonds. The Kier molecular flexibility index (Phi) is 3.07. The molecule has 0 saturated heterocycles. The molecule has 15 heavy (non-hydrogen) atoms. The lowest BCUT2D eigenvalue weighted by molar-refractivity contribution is 0.0562. The second-order valence-corrected chi connectivity index (χ2v) is 4.72. The fourth-order valence-electron chi connectivity index (χ4n) is 1.58. The first-order valence-electron chi connectivity index (χ1n) is 4.89. The minimum Gasteiger partial charge on any atom is -0.393 e. The van der Waals surface area contributed by atoms with Gasteiger partial charge < -0.3 is 10.4 Å². The first kappa shape index (κ1) is 10.6. The van der Waals surface area contributed by atoms with Crippen LogP contribution in [0, 0.1) is 0 Å². The summed E-state index contributed by atoms with van der Waals surface area (Å²) < 4.78 is 0.957. The monoisotopic (exact) mass is 269 g/mol. The second-order valence-electron chi connectivity index (χ2n) is 3.80. The highest BCUT2D eigenvalue weighted by Crippen LogP contribution is 2.20. The van der Waals surface area contributed by atoms with E-state index in [1.807, 2.05) is 12.1 Å². The largest absolute Gasteiger partial charge is 0.393 e. The average Bonchev–Trinajstić information content (AvgIpc) is 2.16. The van der Waals surface area contributed by atoms with Gasteiger partial charge in [0, 0.05) is 16.1 Å². The van der Waals surface area contributed by atoms with E-state index in [2.05, 4.69) is 21.2 Å². The molecule has 2 rings (SSSR count). The van der Waals surface area contributed by atoms with Crippen LogP contribution in [0.4, 0.5) is 0 Å². The molecule has 1 aliphatic carbocycles. The number of benzene rings is 1. The maximum absolute atomic E-state index is 11.7. The zero-order chi connectivity index (χ0) is 10.8. The predicted octanol–water partition coefficient (Wildman–Crippen LogP) is 1.70. The second kappa shape index (κ2) is 4.33. The molecule has 1 aliphatic rings. The first-order chi connectivity index (χ1) is 7.15. The number of halogens is 1. The van der Waals surface area contributed by atoms with Crippen LogP contribution in [-0.4, -0.2) is 23.2 Å². The van der Waals surface area contributed by atoms with Crippen LogP contribution in [0.15, 0.2) is 28.7 Å². The van der Waals surface area contributed by atoms with Crippen LogP contribution in [0.1, 0.15) is 23.2 Å². The van der Waals surface area contributed by atoms with Gasteiger partial charge in [0.05, 0.1) is 6.10 Å². The highest BCUT2D eigenvalue weighted by Gasteiger charge is 2.28. The van der Waals surface area contributed by atoms with E-state index in [9.17, 15) is 4.79 Å². The van der Waals surface area contributed by atoms with E-state index < -0.39 is 0 Å². The predicted molar refractivity (Wildman–Crippen MR) is 60.6 cm³/mol. The summed E-state index contributed by atoms with van der Waals surface area (Å²) in [6.07, 6.45) is 1.10. The van der Waals surface area contributed by atoms with Crippen molar-refractivity contribution in [1.29, 1.82) is 0 Å². The number of hydrogen-bond acceptors (Lipinski definition) is 2. The zero-order valence-electron chi connectivity index (χ0n) is 8.11. The average molecular weight is 270 g/mol. The summed E-state index contributed by atoms with van der Waals surface area (Å²) in [5.74, 6) is -0.0700. The van der Waals surface area contributed by atoms with E-state index in [-0.39, 0.29) is 18.1 Å². The van der Waals surface area contributed by atoms with Crippen molar-refractivity contribution < 1.29 is 9.90 Å². The summed E-state index contributed by atoms with van der Waals surface area (Å²) in [5.41, 5.74) is 0.652. The molecule has 1 saturated carbocycles. The summed E-state index contributed by atoms with van der Waals surface area (Å²) in [5, 5.41) is 11.9. The van der Waals surface area contributed by atoms with E-state index in [1.165, 1.54) is 0 Å². The number of aliphatic hydroxyl groups excluding tert-OH is 1. The Morgan fingerprint density at radius 2 is 1.93 bits per heavy atom. The Bertz CT molecular complexity index is 357. The zero-order valence-corrected chi connectivity index (χ0v) is 9.70. The van der Waals surface area contributed by atoms with Crippen molar-refractivity contribution in [3.8, 4) is 0 Å². The SMILES string of the molecule is O=C(NC1CC(O)C1)c1ccc(Br)cc1. The van der Waals surface area contributed by atoms with Crippen LogP contribution in [0.25, 0.3) is 0 Å². The molecule has 0 spiro atoms. The molecule has 0 unspecified atom stereocenters. The topological polar surface area (TPSA) is 49.3 Å². The maximum atomic E-state index is 11.7. The quantitative estimate of drug-likeness (QED) is 0.859. The molecular weight excluding hydrogens is 258 g/mol. The molecule has 1 aromatic carbocycles. The normalized spacial score (nSPS) is 24.4. The Morgan fingerprint density at radius 1 is 1.33 bits per heavy atom. The third-order valence-electron chi connectivity index (χ3n) is 2.55. The highest BCUT2D eigenvalue weighted by atomic mass is 79.9. The van der Waals surface area contributed by atoms with Crippen molar-refractivity contribution in [3.63, 3.8) is 0 Å². The molecule has 3 nitrogen and oxygen atoms in total. The van der Waals surface area contributed by atoms with Gasteiger partial charge in [-0.2, -0.15) is 0 Å². The fourth-order valence-corrected chi connectivity index (χ4v) is 1.84. The minimum atomic E-state index is -0.236. The van der Waals surface area contributed by atoms with E-state index in [4.69, 9.17) is 5.11 Å². The van der Waals surface area contributed by atoms with Crippen molar-refractivity contribution in [2.24, 2.45) is 0 Å². The number of hydrogen-bond donors (Lipinski definition) is 2. The van der Waals surface area contributed by atoms with Gasteiger partial charge in [-0.15, -0.1) is 0 Å². The van der Waals surface area contributed by atoms with Gasteiger partial charge in [0.2, 0.25) is 0 Å². The Hall–Kier alpha value is -0.870. The lowest BCUT2D eigenvalue weighted by atomic mass is 9.89. The highest BCUT2D eigenvalue weighted by molar-refractivity contribution is 9.10. The Labute approximate surface area is 96.6 Å². The summed E-state index contributed by atoms with van der Waals surface area (Å²) in [6.45, 7) is 0. The van der Waals surface area contributed by atoms with E-state index in [0.29, 0.717) is 18.4 Å². The lowest BCUT2D eigenvalue weighted by Gasteiger charge is -2.31. The standard InChI is InChI=1S/C11H12BrNO2/c12-8-3-1-7(2-4-8)11(15)13-9-5-10(14)6-9/h1-4,9-10,14H,5-6H2,(H,13,15). The third-order valence-corrected chi connectivity index (χ3v) is 3.08. The number of nitrogens with one attached hydrogen (secondary N) is 1. The third kappa shape index (κ3) is 2.58. The molecule has 0 heterocycles. The van der Waals surface area contributed by atoms with Gasteiger partial charge in [-0.25, -0.2) is 0 Å². The molecule has 0 radical (unpaired) electrons. The maximum Gasteiger partial charge on any atom is 0.251 e. The van der Waals surface area contributed by atoms with Gasteiger partial charge in [0.1, 0.15) is 0 Å². The van der Waals surface area contributed by atoms with Crippen molar-refractivity contribution in [2.75, 3.05) is 0 Å². The Morgan fingerprint density at radius 3 is 2.47 bits per heavy atom. The molecule has 4 heteroatoms. The van der Waals surface area contributed by atoms with Crippen LogP contribution in [0.3, 0.4) is 0 Å². The molecule has 0 atom stereocenters. The van der Waals surface area contributed by atoms with E-state index >= 15 is 0 Å². The summed E-state index contributed by atoms with van der Waals surface area (Å²) >= 11 is 3.31. The molecular formula is C11H12BrNO2. The van der Waals surface area contributed by atoms with Crippen LogP contribution in [0.5, 0.6) is 0 Å². The van der Waals surface area contributed by atoms with Crippen molar-refractivity contribution in [3.05, 3.63) is 34.3 Å². The van der Waals surface area contributed by atoms with E-state index in [0.717, 1.165) is 4.47 Å².